The van der Waals surface area contributed by atoms with Gasteiger partial charge in [-0.25, -0.2) is 0 Å². The molecule has 0 atom stereocenters. The molecule has 1 saturated heterocycles. The summed E-state index contributed by atoms with van der Waals surface area (Å²) >= 11 is 0. The van der Waals surface area contributed by atoms with Crippen LogP contribution in [-0.2, 0) is 17.6 Å². The SMILES string of the molecule is CNC(=O)CCc1ccc(CC2CCN(C(=O)c3cccc(C#N)c3)CC2)cc1. The van der Waals surface area contributed by atoms with Crippen molar-refractivity contribution in [1.29, 1.82) is 5.26 Å². The van der Waals surface area contributed by atoms with Crippen molar-refractivity contribution in [3.63, 3.8) is 0 Å². The van der Waals surface area contributed by atoms with Gasteiger partial charge in [-0.05, 0) is 60.9 Å². The molecule has 5 heteroatoms. The minimum atomic E-state index is 0.0148. The Morgan fingerprint density at radius 1 is 1.10 bits per heavy atom. The number of likely N-dealkylation sites (tertiary alicyclic amines) is 1. The lowest BCUT2D eigenvalue weighted by atomic mass is 9.89. The Morgan fingerprint density at radius 3 is 2.45 bits per heavy atom. The number of hydrogen-bond acceptors (Lipinski definition) is 3. The lowest BCUT2D eigenvalue weighted by molar-refractivity contribution is -0.120. The predicted molar refractivity (Wildman–Crippen MR) is 112 cm³/mol. The number of amides is 2. The van der Waals surface area contributed by atoms with E-state index in [2.05, 4.69) is 35.7 Å². The van der Waals surface area contributed by atoms with Gasteiger partial charge in [-0.2, -0.15) is 5.26 Å². The van der Waals surface area contributed by atoms with E-state index < -0.39 is 0 Å². The lowest BCUT2D eigenvalue weighted by Gasteiger charge is -2.32. The predicted octanol–water partition coefficient (Wildman–Crippen LogP) is 3.33. The first-order valence-electron chi connectivity index (χ1n) is 10.2. The average Bonchev–Trinajstić information content (AvgIpc) is 2.78. The highest BCUT2D eigenvalue weighted by atomic mass is 16.2. The van der Waals surface area contributed by atoms with Crippen LogP contribution in [-0.4, -0.2) is 36.9 Å². The number of hydrogen-bond donors (Lipinski definition) is 1. The van der Waals surface area contributed by atoms with Crippen LogP contribution < -0.4 is 5.32 Å². The molecule has 2 aromatic rings. The van der Waals surface area contributed by atoms with Gasteiger partial charge >= 0.3 is 0 Å². The molecule has 1 heterocycles. The summed E-state index contributed by atoms with van der Waals surface area (Å²) in [5.41, 5.74) is 3.59. The maximum Gasteiger partial charge on any atom is 0.253 e. The lowest BCUT2D eigenvalue weighted by Crippen LogP contribution is -2.38. The van der Waals surface area contributed by atoms with Crippen LogP contribution in [0.5, 0.6) is 0 Å². The van der Waals surface area contributed by atoms with Gasteiger partial charge in [0, 0.05) is 32.1 Å². The molecule has 1 aliphatic heterocycles. The molecule has 1 fully saturated rings. The van der Waals surface area contributed by atoms with E-state index in [-0.39, 0.29) is 11.8 Å². The zero-order chi connectivity index (χ0) is 20.6. The molecule has 5 nitrogen and oxygen atoms in total. The maximum absolute atomic E-state index is 12.7. The topological polar surface area (TPSA) is 73.2 Å². The Morgan fingerprint density at radius 2 is 1.79 bits per heavy atom. The van der Waals surface area contributed by atoms with E-state index >= 15 is 0 Å². The Balaban J connectivity index is 1.49. The molecule has 29 heavy (non-hydrogen) atoms. The van der Waals surface area contributed by atoms with Crippen molar-refractivity contribution in [1.82, 2.24) is 10.2 Å². The van der Waals surface area contributed by atoms with Crippen LogP contribution in [0, 0.1) is 17.2 Å². The highest BCUT2D eigenvalue weighted by Gasteiger charge is 2.24. The van der Waals surface area contributed by atoms with E-state index in [1.807, 2.05) is 4.90 Å². The number of benzene rings is 2. The smallest absolute Gasteiger partial charge is 0.253 e. The van der Waals surface area contributed by atoms with Gasteiger partial charge < -0.3 is 10.2 Å². The van der Waals surface area contributed by atoms with Gasteiger partial charge in [0.2, 0.25) is 5.91 Å². The monoisotopic (exact) mass is 389 g/mol. The molecule has 2 amide bonds. The van der Waals surface area contributed by atoms with Crippen molar-refractivity contribution in [2.75, 3.05) is 20.1 Å². The van der Waals surface area contributed by atoms with Crippen LogP contribution in [0.1, 0.15) is 46.3 Å². The second-order valence-electron chi connectivity index (χ2n) is 7.62. The Bertz CT molecular complexity index is 891. The van der Waals surface area contributed by atoms with Crippen molar-refractivity contribution in [3.05, 3.63) is 70.8 Å². The fraction of sp³-hybridized carbons (Fsp3) is 0.375. The van der Waals surface area contributed by atoms with Gasteiger partial charge in [-0.3, -0.25) is 9.59 Å². The molecule has 0 bridgehead atoms. The number of rotatable bonds is 6. The number of nitriles is 1. The minimum absolute atomic E-state index is 0.0148. The van der Waals surface area contributed by atoms with Gasteiger partial charge in [0.1, 0.15) is 0 Å². The second kappa shape index (κ2) is 9.88. The van der Waals surface area contributed by atoms with Gasteiger partial charge in [0.05, 0.1) is 11.6 Å². The van der Waals surface area contributed by atoms with Crippen molar-refractivity contribution in [2.24, 2.45) is 5.92 Å². The largest absolute Gasteiger partial charge is 0.359 e. The normalized spacial score (nSPS) is 14.3. The third-order valence-electron chi connectivity index (χ3n) is 5.61. The summed E-state index contributed by atoms with van der Waals surface area (Å²) in [4.78, 5) is 25.9. The number of nitrogens with one attached hydrogen (secondary N) is 1. The van der Waals surface area contributed by atoms with Crippen LogP contribution in [0.2, 0.25) is 0 Å². The van der Waals surface area contributed by atoms with Gasteiger partial charge in [0.25, 0.3) is 5.91 Å². The summed E-state index contributed by atoms with van der Waals surface area (Å²) in [6.07, 6.45) is 4.26. The Hall–Kier alpha value is -3.13. The van der Waals surface area contributed by atoms with E-state index in [0.717, 1.165) is 38.8 Å². The highest BCUT2D eigenvalue weighted by molar-refractivity contribution is 5.94. The molecule has 1 N–H and O–H groups in total. The van der Waals surface area contributed by atoms with Crippen molar-refractivity contribution >= 4 is 11.8 Å². The number of nitrogens with zero attached hydrogens (tertiary/aromatic N) is 2. The molecule has 0 radical (unpaired) electrons. The number of aryl methyl sites for hydroxylation is 1. The van der Waals surface area contributed by atoms with Crippen molar-refractivity contribution < 1.29 is 9.59 Å². The van der Waals surface area contributed by atoms with Crippen LogP contribution in [0.15, 0.2) is 48.5 Å². The quantitative estimate of drug-likeness (QED) is 0.824. The Kier molecular flexibility index (Phi) is 7.02. The molecular weight excluding hydrogens is 362 g/mol. The fourth-order valence-electron chi connectivity index (χ4n) is 3.80. The van der Waals surface area contributed by atoms with E-state index in [9.17, 15) is 9.59 Å². The summed E-state index contributed by atoms with van der Waals surface area (Å²) in [6.45, 7) is 1.51. The van der Waals surface area contributed by atoms with E-state index in [1.165, 1.54) is 11.1 Å². The fourth-order valence-corrected chi connectivity index (χ4v) is 3.80. The molecule has 3 rings (SSSR count). The first-order valence-corrected chi connectivity index (χ1v) is 10.2. The summed E-state index contributed by atoms with van der Waals surface area (Å²) in [6, 6.07) is 17.5. The molecule has 0 spiro atoms. The van der Waals surface area contributed by atoms with E-state index in [4.69, 9.17) is 5.26 Å². The standard InChI is InChI=1S/C24H27N3O2/c1-26-23(28)10-9-18-5-7-19(8-6-18)15-20-11-13-27(14-12-20)24(29)22-4-2-3-21(16-22)17-25/h2-8,16,20H,9-15H2,1H3,(H,26,28). The van der Waals surface area contributed by atoms with Gasteiger partial charge in [-0.1, -0.05) is 30.3 Å². The third-order valence-corrected chi connectivity index (χ3v) is 5.61. The maximum atomic E-state index is 12.7. The molecule has 0 saturated carbocycles. The summed E-state index contributed by atoms with van der Waals surface area (Å²) in [5, 5.41) is 11.7. The number of piperidine rings is 1. The van der Waals surface area contributed by atoms with E-state index in [1.54, 1.807) is 31.3 Å². The number of carbonyl (C=O) groups is 2. The minimum Gasteiger partial charge on any atom is -0.359 e. The molecule has 0 aliphatic carbocycles. The third kappa shape index (κ3) is 5.68. The molecule has 2 aromatic carbocycles. The molecule has 150 valence electrons. The zero-order valence-electron chi connectivity index (χ0n) is 16.9. The van der Waals surface area contributed by atoms with Gasteiger partial charge in [-0.15, -0.1) is 0 Å². The van der Waals surface area contributed by atoms with Gasteiger partial charge in [0.15, 0.2) is 0 Å². The molecule has 0 unspecified atom stereocenters. The summed E-state index contributed by atoms with van der Waals surface area (Å²) in [5.74, 6) is 0.650. The number of carbonyl (C=O) groups excluding carboxylic acids is 2. The van der Waals surface area contributed by atoms with Crippen molar-refractivity contribution in [3.8, 4) is 6.07 Å². The first-order chi connectivity index (χ1) is 14.1. The van der Waals surface area contributed by atoms with Crippen LogP contribution in [0.4, 0.5) is 0 Å². The summed E-state index contributed by atoms with van der Waals surface area (Å²) in [7, 11) is 1.66. The summed E-state index contributed by atoms with van der Waals surface area (Å²) < 4.78 is 0. The highest BCUT2D eigenvalue weighted by Crippen LogP contribution is 2.23. The zero-order valence-corrected chi connectivity index (χ0v) is 16.9. The van der Waals surface area contributed by atoms with Crippen LogP contribution in [0.25, 0.3) is 0 Å². The molecule has 0 aromatic heterocycles. The van der Waals surface area contributed by atoms with E-state index in [0.29, 0.717) is 23.5 Å². The molecular formula is C24H27N3O2. The van der Waals surface area contributed by atoms with Crippen LogP contribution >= 0.6 is 0 Å². The Labute approximate surface area is 172 Å². The molecule has 1 aliphatic rings. The average molecular weight is 389 g/mol. The second-order valence-corrected chi connectivity index (χ2v) is 7.62. The van der Waals surface area contributed by atoms with Crippen molar-refractivity contribution in [2.45, 2.75) is 32.1 Å². The first kappa shape index (κ1) is 20.6. The van der Waals surface area contributed by atoms with Crippen LogP contribution in [0.3, 0.4) is 0 Å².